The summed E-state index contributed by atoms with van der Waals surface area (Å²) in [7, 11) is 0. The maximum atomic E-state index is 12.9. The molecule has 0 aliphatic heterocycles. The van der Waals surface area contributed by atoms with Crippen molar-refractivity contribution < 1.29 is 28.6 Å². The molecule has 0 rings (SSSR count). The summed E-state index contributed by atoms with van der Waals surface area (Å²) in [6.45, 7) is 6.27. The lowest BCUT2D eigenvalue weighted by atomic mass is 10.1. The van der Waals surface area contributed by atoms with Gasteiger partial charge < -0.3 is 14.2 Å². The minimum Gasteiger partial charge on any atom is -0.462 e. The monoisotopic (exact) mass is 1100 g/mol. The third kappa shape index (κ3) is 63.1. The van der Waals surface area contributed by atoms with E-state index in [1.54, 1.807) is 0 Å². The zero-order chi connectivity index (χ0) is 57.8. The SMILES string of the molecule is CC/C=C\C/C=C\C/C=C\C/C=C\C/C=C\C/C=C\C/C=C\CCCC(=O)OCC(COC(=O)CCCCCCC/C=C\C/C=C\CCCCCC)OC(=O)CCC/C=C\C/C=C\C/C=C\C/C=C\C/C=C\C/C=C\C/C=C\CC. The fourth-order valence-electron chi connectivity index (χ4n) is 7.68. The van der Waals surface area contributed by atoms with E-state index in [1.165, 1.54) is 32.1 Å². The van der Waals surface area contributed by atoms with Crippen LogP contribution in [0.4, 0.5) is 0 Å². The summed E-state index contributed by atoms with van der Waals surface area (Å²) in [5.41, 5.74) is 0. The molecule has 0 N–H and O–H groups in total. The number of carbonyl (C=O) groups is 3. The quantitative estimate of drug-likeness (QED) is 0.0261. The molecule has 0 fully saturated rings. The van der Waals surface area contributed by atoms with E-state index in [9.17, 15) is 14.4 Å². The maximum absolute atomic E-state index is 12.9. The van der Waals surface area contributed by atoms with Gasteiger partial charge in [0.05, 0.1) is 0 Å². The summed E-state index contributed by atoms with van der Waals surface area (Å²) in [4.78, 5) is 38.3. The highest BCUT2D eigenvalue weighted by molar-refractivity contribution is 5.71. The van der Waals surface area contributed by atoms with Gasteiger partial charge in [0.2, 0.25) is 0 Å². The van der Waals surface area contributed by atoms with Crippen LogP contribution in [0.5, 0.6) is 0 Å². The van der Waals surface area contributed by atoms with Crippen LogP contribution in [0.2, 0.25) is 0 Å². The lowest BCUT2D eigenvalue weighted by Gasteiger charge is -2.18. The van der Waals surface area contributed by atoms with Crippen molar-refractivity contribution in [1.82, 2.24) is 0 Å². The molecular weight excluding hydrogens is 985 g/mol. The molecule has 0 aliphatic rings. The first-order valence-electron chi connectivity index (χ1n) is 31.4. The number of hydrogen-bond donors (Lipinski definition) is 0. The summed E-state index contributed by atoms with van der Waals surface area (Å²) in [6.07, 6.45) is 100. The van der Waals surface area contributed by atoms with E-state index in [2.05, 4.69) is 215 Å². The Morgan fingerprint density at radius 3 is 0.812 bits per heavy atom. The predicted molar refractivity (Wildman–Crippen MR) is 347 cm³/mol. The minimum atomic E-state index is -0.852. The van der Waals surface area contributed by atoms with E-state index in [1.807, 2.05) is 0 Å². The van der Waals surface area contributed by atoms with E-state index < -0.39 is 12.1 Å². The molecule has 1 unspecified atom stereocenters. The standard InChI is InChI=1S/C74H112O6/c1-4-7-10-13-16-19-22-25-28-31-33-35-37-39-41-43-46-49-52-55-58-61-64-67-73(76)79-70-71(69-78-72(75)66-63-60-57-54-51-48-45-30-27-24-21-18-15-12-9-6-3)80-74(77)68-65-62-59-56-53-50-47-44-42-40-38-36-34-32-29-26-23-20-17-14-11-8-5-2/h7-8,10-11,16-17,19-21,24-26,28-30,33-36,39-42,45-47,49-50,55-56,58-59,71H,4-6,9,12-15,18,22-23,27,31-32,37-38,43-44,48,51-54,57,60-70H2,1-3H3/b10-7-,11-8-,19-16-,20-17-,24-21-,28-25-,29-26-,35-33-,36-34-,41-39-,42-40-,45-30-,49-46-,50-47-,58-55-,59-56-. The Morgan fingerprint density at radius 1 is 0.263 bits per heavy atom. The summed E-state index contributed by atoms with van der Waals surface area (Å²) in [5.74, 6) is -1.08. The van der Waals surface area contributed by atoms with Gasteiger partial charge in [-0.1, -0.05) is 254 Å². The van der Waals surface area contributed by atoms with Crippen LogP contribution in [0.3, 0.4) is 0 Å². The highest BCUT2D eigenvalue weighted by Crippen LogP contribution is 2.11. The van der Waals surface area contributed by atoms with Crippen LogP contribution in [-0.4, -0.2) is 37.2 Å². The van der Waals surface area contributed by atoms with Crippen LogP contribution in [0.1, 0.15) is 233 Å². The molecule has 80 heavy (non-hydrogen) atoms. The van der Waals surface area contributed by atoms with Crippen molar-refractivity contribution in [3.63, 3.8) is 0 Å². The Bertz CT molecular complexity index is 1930. The second kappa shape index (κ2) is 65.8. The molecule has 0 radical (unpaired) electrons. The first-order valence-corrected chi connectivity index (χ1v) is 31.4. The van der Waals surface area contributed by atoms with Crippen LogP contribution in [-0.2, 0) is 28.6 Å². The second-order valence-electron chi connectivity index (χ2n) is 19.8. The molecular formula is C74H112O6. The predicted octanol–water partition coefficient (Wildman–Crippen LogP) is 21.8. The maximum Gasteiger partial charge on any atom is 0.306 e. The van der Waals surface area contributed by atoms with E-state index in [0.717, 1.165) is 148 Å². The number of unbranched alkanes of at least 4 members (excludes halogenated alkanes) is 11. The highest BCUT2D eigenvalue weighted by Gasteiger charge is 2.19. The molecule has 0 aromatic carbocycles. The first kappa shape index (κ1) is 74.2. The van der Waals surface area contributed by atoms with Gasteiger partial charge in [0.1, 0.15) is 13.2 Å². The molecule has 0 bridgehead atoms. The van der Waals surface area contributed by atoms with Crippen molar-refractivity contribution in [2.24, 2.45) is 0 Å². The lowest BCUT2D eigenvalue weighted by Crippen LogP contribution is -2.30. The number of allylic oxidation sites excluding steroid dienone is 32. The summed E-state index contributed by atoms with van der Waals surface area (Å²) < 4.78 is 16.8. The molecule has 0 heterocycles. The van der Waals surface area contributed by atoms with Gasteiger partial charge in [-0.2, -0.15) is 0 Å². The van der Waals surface area contributed by atoms with Gasteiger partial charge in [0.15, 0.2) is 6.10 Å². The summed E-state index contributed by atoms with van der Waals surface area (Å²) >= 11 is 0. The number of ether oxygens (including phenoxy) is 3. The highest BCUT2D eigenvalue weighted by atomic mass is 16.6. The Morgan fingerprint density at radius 2 is 0.500 bits per heavy atom. The van der Waals surface area contributed by atoms with Crippen LogP contribution in [0, 0.1) is 0 Å². The van der Waals surface area contributed by atoms with Crippen molar-refractivity contribution in [2.45, 2.75) is 239 Å². The fourth-order valence-corrected chi connectivity index (χ4v) is 7.68. The normalized spacial score (nSPS) is 13.5. The van der Waals surface area contributed by atoms with Crippen LogP contribution < -0.4 is 0 Å². The van der Waals surface area contributed by atoms with Gasteiger partial charge in [-0.15, -0.1) is 0 Å². The summed E-state index contributed by atoms with van der Waals surface area (Å²) in [6, 6.07) is 0. The van der Waals surface area contributed by atoms with Gasteiger partial charge in [0.25, 0.3) is 0 Å². The van der Waals surface area contributed by atoms with Crippen LogP contribution >= 0.6 is 0 Å². The Labute approximate surface area is 490 Å². The fraction of sp³-hybridized carbons (Fsp3) is 0.527. The van der Waals surface area contributed by atoms with Gasteiger partial charge in [-0.3, -0.25) is 14.4 Å². The molecule has 444 valence electrons. The smallest absolute Gasteiger partial charge is 0.306 e. The largest absolute Gasteiger partial charge is 0.462 e. The average molecular weight is 1100 g/mol. The number of esters is 3. The number of hydrogen-bond acceptors (Lipinski definition) is 6. The number of rotatable bonds is 54. The molecule has 0 saturated carbocycles. The second-order valence-corrected chi connectivity index (χ2v) is 19.8. The van der Waals surface area contributed by atoms with E-state index in [-0.39, 0.29) is 38.0 Å². The van der Waals surface area contributed by atoms with E-state index in [0.29, 0.717) is 19.3 Å². The molecule has 0 amide bonds. The van der Waals surface area contributed by atoms with Crippen molar-refractivity contribution in [2.75, 3.05) is 13.2 Å². The third-order valence-corrected chi connectivity index (χ3v) is 12.3. The molecule has 6 nitrogen and oxygen atoms in total. The van der Waals surface area contributed by atoms with Gasteiger partial charge in [0, 0.05) is 19.3 Å². The Kier molecular flexibility index (Phi) is 61.0. The van der Waals surface area contributed by atoms with Crippen LogP contribution in [0.15, 0.2) is 194 Å². The first-order chi connectivity index (χ1) is 39.5. The van der Waals surface area contributed by atoms with Crippen LogP contribution in [0.25, 0.3) is 0 Å². The molecule has 0 aromatic rings. The van der Waals surface area contributed by atoms with E-state index >= 15 is 0 Å². The summed E-state index contributed by atoms with van der Waals surface area (Å²) in [5, 5.41) is 0. The zero-order valence-electron chi connectivity index (χ0n) is 50.8. The zero-order valence-corrected chi connectivity index (χ0v) is 50.8. The molecule has 6 heteroatoms. The Hall–Kier alpha value is -5.75. The van der Waals surface area contributed by atoms with Crippen molar-refractivity contribution >= 4 is 17.9 Å². The molecule has 0 saturated heterocycles. The van der Waals surface area contributed by atoms with Crippen molar-refractivity contribution in [1.29, 1.82) is 0 Å². The Balaban J connectivity index is 4.65. The molecule has 0 aromatic heterocycles. The minimum absolute atomic E-state index is 0.137. The average Bonchev–Trinajstić information content (AvgIpc) is 3.46. The van der Waals surface area contributed by atoms with Gasteiger partial charge in [-0.25, -0.2) is 0 Å². The molecule has 0 spiro atoms. The van der Waals surface area contributed by atoms with Crippen molar-refractivity contribution in [3.05, 3.63) is 194 Å². The van der Waals surface area contributed by atoms with Gasteiger partial charge in [-0.05, 0) is 154 Å². The topological polar surface area (TPSA) is 78.9 Å². The molecule has 1 atom stereocenters. The third-order valence-electron chi connectivity index (χ3n) is 12.3. The number of carbonyl (C=O) groups excluding carboxylic acids is 3. The van der Waals surface area contributed by atoms with Gasteiger partial charge >= 0.3 is 17.9 Å². The van der Waals surface area contributed by atoms with E-state index in [4.69, 9.17) is 14.2 Å². The molecule has 0 aliphatic carbocycles. The lowest BCUT2D eigenvalue weighted by molar-refractivity contribution is -0.167. The van der Waals surface area contributed by atoms with Crippen molar-refractivity contribution in [3.8, 4) is 0 Å².